The maximum atomic E-state index is 9.25. The van der Waals surface area contributed by atoms with Crippen LogP contribution in [-0.2, 0) is 0 Å². The molecular weight excluding hydrogens is 299 g/mol. The molecule has 0 unspecified atom stereocenters. The average Bonchev–Trinajstić information content (AvgIpc) is 2.88. The number of benzene rings is 2. The van der Waals surface area contributed by atoms with E-state index in [1.54, 1.807) is 42.5 Å². The molecule has 0 spiro atoms. The highest BCUT2D eigenvalue weighted by atomic mass is 35.5. The quantitative estimate of drug-likeness (QED) is 0.761. The van der Waals surface area contributed by atoms with Gasteiger partial charge in [-0.05, 0) is 42.5 Å². The Morgan fingerprint density at radius 3 is 2.20 bits per heavy atom. The minimum absolute atomic E-state index is 0.176. The van der Waals surface area contributed by atoms with Gasteiger partial charge in [0, 0.05) is 21.2 Å². The van der Waals surface area contributed by atoms with Gasteiger partial charge in [-0.1, -0.05) is 28.4 Å². The normalized spacial score (nSPS) is 10.7. The van der Waals surface area contributed by atoms with Crippen molar-refractivity contribution in [2.45, 2.75) is 0 Å². The van der Waals surface area contributed by atoms with Crippen molar-refractivity contribution in [3.05, 3.63) is 52.5 Å². The molecule has 1 N–H and O–H groups in total. The van der Waals surface area contributed by atoms with Crippen molar-refractivity contribution in [3.8, 4) is 28.6 Å². The van der Waals surface area contributed by atoms with E-state index in [2.05, 4.69) is 10.1 Å². The summed E-state index contributed by atoms with van der Waals surface area (Å²) in [5.41, 5.74) is 1.39. The van der Waals surface area contributed by atoms with Gasteiger partial charge in [0.25, 0.3) is 5.89 Å². The van der Waals surface area contributed by atoms with E-state index in [0.29, 0.717) is 27.3 Å². The first-order valence-electron chi connectivity index (χ1n) is 5.71. The van der Waals surface area contributed by atoms with E-state index in [4.69, 9.17) is 27.7 Å². The maximum Gasteiger partial charge on any atom is 0.258 e. The van der Waals surface area contributed by atoms with E-state index in [1.807, 2.05) is 0 Å². The summed E-state index contributed by atoms with van der Waals surface area (Å²) in [7, 11) is 0. The smallest absolute Gasteiger partial charge is 0.258 e. The lowest BCUT2D eigenvalue weighted by molar-refractivity contribution is 0.432. The Labute approximate surface area is 124 Å². The van der Waals surface area contributed by atoms with Crippen LogP contribution >= 0.6 is 23.2 Å². The first kappa shape index (κ1) is 13.0. The first-order chi connectivity index (χ1) is 9.61. The third-order valence-electron chi connectivity index (χ3n) is 2.66. The zero-order valence-electron chi connectivity index (χ0n) is 10.0. The Balaban J connectivity index is 1.99. The number of aromatic hydroxyl groups is 1. The molecule has 0 saturated carbocycles. The summed E-state index contributed by atoms with van der Waals surface area (Å²) in [5, 5.41) is 14.2. The van der Waals surface area contributed by atoms with Crippen molar-refractivity contribution < 1.29 is 9.63 Å². The molecule has 0 aliphatic heterocycles. The van der Waals surface area contributed by atoms with Gasteiger partial charge in [0.1, 0.15) is 5.75 Å². The Kier molecular flexibility index (Phi) is 3.34. The molecule has 0 fully saturated rings. The molecule has 3 rings (SSSR count). The highest BCUT2D eigenvalue weighted by Crippen LogP contribution is 2.27. The van der Waals surface area contributed by atoms with Gasteiger partial charge < -0.3 is 9.63 Å². The molecule has 6 heteroatoms. The van der Waals surface area contributed by atoms with E-state index >= 15 is 0 Å². The van der Waals surface area contributed by atoms with Gasteiger partial charge >= 0.3 is 0 Å². The van der Waals surface area contributed by atoms with Crippen molar-refractivity contribution in [2.24, 2.45) is 0 Å². The molecule has 0 aliphatic rings. The van der Waals surface area contributed by atoms with Crippen LogP contribution in [-0.4, -0.2) is 15.2 Å². The second-order valence-electron chi connectivity index (χ2n) is 4.13. The standard InChI is InChI=1S/C14H8Cl2N2O2/c15-10-5-9(6-11(16)7-10)13-17-14(20-18-13)8-1-3-12(19)4-2-8/h1-7,19H. The number of rotatable bonds is 2. The molecule has 0 atom stereocenters. The van der Waals surface area contributed by atoms with E-state index in [9.17, 15) is 5.11 Å². The van der Waals surface area contributed by atoms with Crippen molar-refractivity contribution in [1.29, 1.82) is 0 Å². The molecule has 1 aromatic heterocycles. The number of aromatic nitrogens is 2. The molecule has 0 bridgehead atoms. The first-order valence-corrected chi connectivity index (χ1v) is 6.47. The lowest BCUT2D eigenvalue weighted by Gasteiger charge is -1.97. The Bertz CT molecular complexity index is 734. The molecule has 0 aliphatic carbocycles. The molecule has 1 heterocycles. The third-order valence-corrected chi connectivity index (χ3v) is 3.10. The molecule has 100 valence electrons. The van der Waals surface area contributed by atoms with Crippen LogP contribution in [0.1, 0.15) is 0 Å². The molecular formula is C14H8Cl2N2O2. The summed E-state index contributed by atoms with van der Waals surface area (Å²) in [6, 6.07) is 11.5. The van der Waals surface area contributed by atoms with Crippen LogP contribution in [0, 0.1) is 0 Å². The van der Waals surface area contributed by atoms with Crippen LogP contribution in [0.2, 0.25) is 10.0 Å². The van der Waals surface area contributed by atoms with Gasteiger partial charge in [0.2, 0.25) is 5.82 Å². The second-order valence-corrected chi connectivity index (χ2v) is 5.00. The fourth-order valence-electron chi connectivity index (χ4n) is 1.74. The van der Waals surface area contributed by atoms with Crippen LogP contribution in [0.3, 0.4) is 0 Å². The van der Waals surface area contributed by atoms with E-state index in [-0.39, 0.29) is 5.75 Å². The molecule has 0 saturated heterocycles. The molecule has 0 radical (unpaired) electrons. The van der Waals surface area contributed by atoms with Gasteiger partial charge in [-0.15, -0.1) is 0 Å². The number of nitrogens with zero attached hydrogens (tertiary/aromatic N) is 2. The summed E-state index contributed by atoms with van der Waals surface area (Å²) in [5.74, 6) is 0.934. The number of hydrogen-bond acceptors (Lipinski definition) is 4. The van der Waals surface area contributed by atoms with Crippen LogP contribution in [0.4, 0.5) is 0 Å². The topological polar surface area (TPSA) is 59.2 Å². The van der Waals surface area contributed by atoms with Gasteiger partial charge in [-0.2, -0.15) is 4.98 Å². The lowest BCUT2D eigenvalue weighted by Crippen LogP contribution is -1.82. The van der Waals surface area contributed by atoms with E-state index < -0.39 is 0 Å². The highest BCUT2D eigenvalue weighted by Gasteiger charge is 2.11. The summed E-state index contributed by atoms with van der Waals surface area (Å²) in [4.78, 5) is 4.29. The fraction of sp³-hybridized carbons (Fsp3) is 0. The van der Waals surface area contributed by atoms with E-state index in [1.165, 1.54) is 0 Å². The zero-order valence-corrected chi connectivity index (χ0v) is 11.6. The number of halogens is 2. The lowest BCUT2D eigenvalue weighted by atomic mass is 10.2. The van der Waals surface area contributed by atoms with Crippen molar-refractivity contribution in [1.82, 2.24) is 10.1 Å². The Hall–Kier alpha value is -2.04. The van der Waals surface area contributed by atoms with Crippen molar-refractivity contribution >= 4 is 23.2 Å². The predicted octanol–water partition coefficient (Wildman–Crippen LogP) is 4.42. The zero-order chi connectivity index (χ0) is 14.1. The SMILES string of the molecule is Oc1ccc(-c2nc(-c3cc(Cl)cc(Cl)c3)no2)cc1. The minimum Gasteiger partial charge on any atom is -0.508 e. The molecule has 2 aromatic carbocycles. The number of phenolic OH excluding ortho intramolecular Hbond substituents is 1. The van der Waals surface area contributed by atoms with Gasteiger partial charge in [-0.3, -0.25) is 0 Å². The predicted molar refractivity (Wildman–Crippen MR) is 76.9 cm³/mol. The van der Waals surface area contributed by atoms with Gasteiger partial charge in [0.05, 0.1) is 0 Å². The Morgan fingerprint density at radius 2 is 1.55 bits per heavy atom. The number of hydrogen-bond donors (Lipinski definition) is 1. The van der Waals surface area contributed by atoms with E-state index in [0.717, 1.165) is 5.56 Å². The van der Waals surface area contributed by atoms with Gasteiger partial charge in [0.15, 0.2) is 0 Å². The monoisotopic (exact) mass is 306 g/mol. The third kappa shape index (κ3) is 2.61. The molecule has 0 amide bonds. The summed E-state index contributed by atoms with van der Waals surface area (Å²) in [6.45, 7) is 0. The van der Waals surface area contributed by atoms with Crippen LogP contribution < -0.4 is 0 Å². The molecule has 4 nitrogen and oxygen atoms in total. The van der Waals surface area contributed by atoms with Crippen LogP contribution in [0.15, 0.2) is 47.0 Å². The fourth-order valence-corrected chi connectivity index (χ4v) is 2.27. The molecule has 3 aromatic rings. The summed E-state index contributed by atoms with van der Waals surface area (Å²) >= 11 is 11.9. The average molecular weight is 307 g/mol. The summed E-state index contributed by atoms with van der Waals surface area (Å²) in [6.07, 6.45) is 0. The van der Waals surface area contributed by atoms with Crippen molar-refractivity contribution in [2.75, 3.05) is 0 Å². The maximum absolute atomic E-state index is 9.25. The highest BCUT2D eigenvalue weighted by molar-refractivity contribution is 6.35. The number of phenols is 1. The Morgan fingerprint density at radius 1 is 0.900 bits per heavy atom. The van der Waals surface area contributed by atoms with Gasteiger partial charge in [-0.25, -0.2) is 0 Å². The van der Waals surface area contributed by atoms with Crippen molar-refractivity contribution in [3.63, 3.8) is 0 Å². The van der Waals surface area contributed by atoms with Crippen LogP contribution in [0.5, 0.6) is 5.75 Å². The minimum atomic E-state index is 0.176. The van der Waals surface area contributed by atoms with Crippen LogP contribution in [0.25, 0.3) is 22.8 Å². The summed E-state index contributed by atoms with van der Waals surface area (Å²) < 4.78 is 5.20. The second kappa shape index (κ2) is 5.15. The largest absolute Gasteiger partial charge is 0.508 e. The molecule has 20 heavy (non-hydrogen) atoms.